The minimum Gasteiger partial charge on any atom is -0.619 e. The fourth-order valence-electron chi connectivity index (χ4n) is 1.77. The van der Waals surface area contributed by atoms with E-state index in [0.717, 1.165) is 0 Å². The Bertz CT molecular complexity index is 554. The molecule has 1 atom stereocenters. The van der Waals surface area contributed by atoms with Gasteiger partial charge in [-0.05, 0) is 0 Å². The number of hydrogen-bond donors (Lipinski definition) is 2. The van der Waals surface area contributed by atoms with Gasteiger partial charge in [0.05, 0.1) is 18.8 Å². The molecule has 1 aliphatic heterocycles. The van der Waals surface area contributed by atoms with Crippen molar-refractivity contribution in [2.45, 2.75) is 12.6 Å². The van der Waals surface area contributed by atoms with Gasteiger partial charge < -0.3 is 15.6 Å². The van der Waals surface area contributed by atoms with Crippen LogP contribution in [-0.4, -0.2) is 37.5 Å². The van der Waals surface area contributed by atoms with Crippen LogP contribution in [0.5, 0.6) is 0 Å². The molecule has 0 saturated carbocycles. The monoisotopic (exact) mass is 234 g/mol. The van der Waals surface area contributed by atoms with Crippen LogP contribution >= 0.6 is 0 Å². The molecule has 3 rings (SSSR count). The Labute approximate surface area is 96.1 Å². The van der Waals surface area contributed by atoms with Crippen molar-refractivity contribution in [3.05, 3.63) is 23.8 Å². The second-order valence-electron chi connectivity index (χ2n) is 3.79. The van der Waals surface area contributed by atoms with Crippen molar-refractivity contribution < 1.29 is 9.84 Å². The summed E-state index contributed by atoms with van der Waals surface area (Å²) in [5.74, 6) is 1.05. The summed E-state index contributed by atoms with van der Waals surface area (Å²) in [5.41, 5.74) is 0.428. The Balaban J connectivity index is 2.07. The van der Waals surface area contributed by atoms with E-state index in [2.05, 4.69) is 20.5 Å². The van der Waals surface area contributed by atoms with Crippen molar-refractivity contribution in [1.29, 1.82) is 0 Å². The van der Waals surface area contributed by atoms with E-state index >= 15 is 0 Å². The van der Waals surface area contributed by atoms with Gasteiger partial charge in [-0.15, -0.1) is 10.2 Å². The van der Waals surface area contributed by atoms with Gasteiger partial charge in [-0.2, -0.15) is 4.73 Å². The molecular formula is C9H10N6O2. The maximum atomic E-state index is 11.2. The maximum Gasteiger partial charge on any atom is 0.225 e. The second kappa shape index (κ2) is 3.67. The molecule has 0 radical (unpaired) electrons. The summed E-state index contributed by atoms with van der Waals surface area (Å²) in [7, 11) is 0. The molecule has 2 aromatic heterocycles. The molecular weight excluding hydrogens is 224 g/mol. The number of aromatic nitrogens is 5. The van der Waals surface area contributed by atoms with Gasteiger partial charge in [0.15, 0.2) is 17.7 Å². The van der Waals surface area contributed by atoms with Gasteiger partial charge in [0.25, 0.3) is 0 Å². The average Bonchev–Trinajstić information content (AvgIpc) is 2.71. The first-order valence-electron chi connectivity index (χ1n) is 5.14. The summed E-state index contributed by atoms with van der Waals surface area (Å²) in [6.07, 6.45) is 3.51. The zero-order chi connectivity index (χ0) is 11.8. The van der Waals surface area contributed by atoms with Crippen LogP contribution in [0.1, 0.15) is 0 Å². The highest BCUT2D eigenvalue weighted by atomic mass is 16.5. The Kier molecular flexibility index (Phi) is 2.15. The number of fused-ring (bicyclic) bond motifs is 1. The van der Waals surface area contributed by atoms with Gasteiger partial charge in [-0.1, -0.05) is 0 Å². The molecule has 1 unspecified atom stereocenters. The van der Waals surface area contributed by atoms with E-state index in [-0.39, 0.29) is 0 Å². The Morgan fingerprint density at radius 3 is 3.24 bits per heavy atom. The summed E-state index contributed by atoms with van der Waals surface area (Å²) >= 11 is 0. The fourth-order valence-corrected chi connectivity index (χ4v) is 1.77. The maximum absolute atomic E-state index is 11.2. The van der Waals surface area contributed by atoms with E-state index in [0.29, 0.717) is 35.3 Å². The highest BCUT2D eigenvalue weighted by Gasteiger charge is 2.22. The van der Waals surface area contributed by atoms with E-state index in [4.69, 9.17) is 0 Å². The van der Waals surface area contributed by atoms with Gasteiger partial charge >= 0.3 is 0 Å². The van der Waals surface area contributed by atoms with E-state index in [1.165, 1.54) is 18.6 Å². The van der Waals surface area contributed by atoms with E-state index in [1.807, 2.05) is 0 Å². The lowest BCUT2D eigenvalue weighted by atomic mass is 10.3. The predicted octanol–water partition coefficient (Wildman–Crippen LogP) is -1.24. The first-order valence-corrected chi connectivity index (χ1v) is 5.14. The quantitative estimate of drug-likeness (QED) is 0.472. The number of anilines is 1. The lowest BCUT2D eigenvalue weighted by Crippen LogP contribution is -2.32. The minimum atomic E-state index is -0.500. The molecule has 8 heteroatoms. The van der Waals surface area contributed by atoms with E-state index in [9.17, 15) is 10.3 Å². The lowest BCUT2D eigenvalue weighted by molar-refractivity contribution is -0.605. The van der Waals surface area contributed by atoms with E-state index in [1.54, 1.807) is 4.57 Å². The molecule has 1 aliphatic rings. The molecule has 0 aromatic carbocycles. The van der Waals surface area contributed by atoms with Gasteiger partial charge in [0.1, 0.15) is 0 Å². The molecule has 0 spiro atoms. The van der Waals surface area contributed by atoms with Crippen LogP contribution in [0.3, 0.4) is 0 Å². The third-order valence-electron chi connectivity index (χ3n) is 2.55. The third kappa shape index (κ3) is 1.68. The molecule has 0 aliphatic carbocycles. The van der Waals surface area contributed by atoms with Crippen molar-refractivity contribution in [2.24, 2.45) is 0 Å². The molecule has 3 heterocycles. The van der Waals surface area contributed by atoms with Crippen molar-refractivity contribution in [3.8, 4) is 11.5 Å². The predicted molar refractivity (Wildman–Crippen MR) is 56.7 cm³/mol. The van der Waals surface area contributed by atoms with Gasteiger partial charge in [-0.3, -0.25) is 4.57 Å². The highest BCUT2D eigenvalue weighted by Crippen LogP contribution is 2.20. The zero-order valence-corrected chi connectivity index (χ0v) is 8.82. The van der Waals surface area contributed by atoms with Crippen molar-refractivity contribution in [2.75, 3.05) is 11.9 Å². The molecule has 0 fully saturated rings. The standard InChI is InChI=1S/C9H10N6O2/c16-6-3-11-9-13-12-8(15(9)4-6)7-5-14(17)2-1-10-7/h1-2,5-6,16H,3-4H2,(H,11,13). The van der Waals surface area contributed by atoms with Crippen molar-refractivity contribution in [3.63, 3.8) is 0 Å². The van der Waals surface area contributed by atoms with Gasteiger partial charge in [0, 0.05) is 6.54 Å². The van der Waals surface area contributed by atoms with Gasteiger partial charge in [0.2, 0.25) is 12.1 Å². The smallest absolute Gasteiger partial charge is 0.225 e. The Hall–Kier alpha value is -2.22. The number of rotatable bonds is 1. The first-order chi connectivity index (χ1) is 8.24. The molecule has 0 amide bonds. The number of aliphatic hydroxyl groups is 1. The van der Waals surface area contributed by atoms with Gasteiger partial charge in [-0.25, -0.2) is 4.98 Å². The minimum absolute atomic E-state index is 0.389. The SMILES string of the molecule is [O-][n+]1ccnc(-c2nnc3n2CC(O)CN3)c1. The summed E-state index contributed by atoms with van der Waals surface area (Å²) < 4.78 is 2.35. The number of aliphatic hydroxyl groups excluding tert-OH is 1. The van der Waals surface area contributed by atoms with Crippen molar-refractivity contribution >= 4 is 5.95 Å². The first kappa shape index (κ1) is 9.97. The molecule has 2 aromatic rings. The summed E-state index contributed by atoms with van der Waals surface area (Å²) in [4.78, 5) is 4.06. The highest BCUT2D eigenvalue weighted by molar-refractivity contribution is 5.50. The fraction of sp³-hybridized carbons (Fsp3) is 0.333. The Morgan fingerprint density at radius 1 is 1.53 bits per heavy atom. The molecule has 0 saturated heterocycles. The number of nitrogens with one attached hydrogen (secondary N) is 1. The van der Waals surface area contributed by atoms with Crippen LogP contribution in [0, 0.1) is 5.21 Å². The molecule has 0 bridgehead atoms. The number of β-amino-alcohol motifs (C(OH)–C–C–N with tert-alkyl or cyclic N) is 1. The third-order valence-corrected chi connectivity index (χ3v) is 2.55. The summed E-state index contributed by atoms with van der Waals surface area (Å²) in [5, 5.41) is 31.6. The molecule has 88 valence electrons. The molecule has 8 nitrogen and oxygen atoms in total. The van der Waals surface area contributed by atoms with E-state index < -0.39 is 6.10 Å². The number of nitrogens with zero attached hydrogens (tertiary/aromatic N) is 5. The zero-order valence-electron chi connectivity index (χ0n) is 8.82. The summed E-state index contributed by atoms with van der Waals surface area (Å²) in [6.45, 7) is 0.835. The molecule has 2 N–H and O–H groups in total. The van der Waals surface area contributed by atoms with Crippen LogP contribution in [0.2, 0.25) is 0 Å². The number of hydrogen-bond acceptors (Lipinski definition) is 6. The van der Waals surface area contributed by atoms with Crippen molar-refractivity contribution in [1.82, 2.24) is 19.7 Å². The average molecular weight is 234 g/mol. The van der Waals surface area contributed by atoms with Crippen LogP contribution in [0.15, 0.2) is 18.6 Å². The summed E-state index contributed by atoms with van der Waals surface area (Å²) in [6, 6.07) is 0. The topological polar surface area (TPSA) is 103 Å². The second-order valence-corrected chi connectivity index (χ2v) is 3.79. The largest absolute Gasteiger partial charge is 0.619 e. The normalized spacial score (nSPS) is 18.5. The van der Waals surface area contributed by atoms with Crippen LogP contribution in [-0.2, 0) is 6.54 Å². The Morgan fingerprint density at radius 2 is 2.41 bits per heavy atom. The lowest BCUT2D eigenvalue weighted by Gasteiger charge is -2.20. The van der Waals surface area contributed by atoms with Crippen LogP contribution in [0.4, 0.5) is 5.95 Å². The van der Waals surface area contributed by atoms with Crippen LogP contribution < -0.4 is 10.0 Å². The van der Waals surface area contributed by atoms with Crippen LogP contribution in [0.25, 0.3) is 11.5 Å². The molecule has 17 heavy (non-hydrogen) atoms.